The second kappa shape index (κ2) is 5.75. The highest BCUT2D eigenvalue weighted by Crippen LogP contribution is 2.39. The van der Waals surface area contributed by atoms with E-state index < -0.39 is 43.0 Å². The van der Waals surface area contributed by atoms with Gasteiger partial charge in [0.15, 0.2) is 42.4 Å². The van der Waals surface area contributed by atoms with Crippen molar-refractivity contribution in [3.8, 4) is 11.5 Å². The number of phenolic OH excluding ortho intramolecular Hbond substituents is 1. The minimum Gasteiger partial charge on any atom is -0.504 e. The topological polar surface area (TPSA) is 104 Å². The zero-order valence-corrected chi connectivity index (χ0v) is 12.7. The zero-order valence-electron chi connectivity index (χ0n) is 12.7. The predicted molar refractivity (Wildman–Crippen MR) is 78.0 cm³/mol. The van der Waals surface area contributed by atoms with Crippen LogP contribution in [0.15, 0.2) is 24.3 Å². The molecule has 0 spiro atoms. The lowest BCUT2D eigenvalue weighted by Crippen LogP contribution is -2.33. The number of fused-ring (bicyclic) bond motifs is 3. The van der Waals surface area contributed by atoms with Crippen molar-refractivity contribution in [2.24, 2.45) is 0 Å². The van der Waals surface area contributed by atoms with Crippen molar-refractivity contribution in [1.82, 2.24) is 0 Å². The first kappa shape index (κ1) is 15.4. The van der Waals surface area contributed by atoms with Gasteiger partial charge in [0.05, 0.1) is 7.11 Å². The number of methoxy groups -OCH3 is 1. The molecule has 24 heavy (non-hydrogen) atoms. The van der Waals surface area contributed by atoms with Gasteiger partial charge in [-0.25, -0.2) is 4.79 Å². The van der Waals surface area contributed by atoms with Crippen LogP contribution < -0.4 is 4.74 Å². The van der Waals surface area contributed by atoms with Crippen molar-refractivity contribution in [2.45, 2.75) is 37.0 Å². The van der Waals surface area contributed by atoms with E-state index in [1.54, 1.807) is 24.3 Å². The lowest BCUT2D eigenvalue weighted by atomic mass is 10.1. The Labute approximate surface area is 137 Å². The summed E-state index contributed by atoms with van der Waals surface area (Å²) in [5.74, 6) is -0.291. The van der Waals surface area contributed by atoms with Crippen molar-refractivity contribution in [3.05, 3.63) is 29.8 Å². The molecule has 3 aliphatic heterocycles. The second-order valence-electron chi connectivity index (χ2n) is 5.71. The summed E-state index contributed by atoms with van der Waals surface area (Å²) in [6.45, 7) is 0. The van der Waals surface area contributed by atoms with E-state index in [0.717, 1.165) is 5.56 Å². The van der Waals surface area contributed by atoms with E-state index in [4.69, 9.17) is 23.7 Å². The monoisotopic (exact) mass is 336 g/mol. The molecular formula is C16H16O8. The van der Waals surface area contributed by atoms with E-state index in [0.29, 0.717) is 5.75 Å². The van der Waals surface area contributed by atoms with Crippen LogP contribution in [0.2, 0.25) is 0 Å². The van der Waals surface area contributed by atoms with Crippen molar-refractivity contribution < 1.29 is 38.7 Å². The van der Waals surface area contributed by atoms with Crippen molar-refractivity contribution in [1.29, 1.82) is 0 Å². The van der Waals surface area contributed by atoms with Gasteiger partial charge in [-0.2, -0.15) is 0 Å². The first-order chi connectivity index (χ1) is 11.6. The normalized spacial score (nSPS) is 37.5. The number of carbonyl (C=O) groups excluding carboxylic acids is 1. The molecule has 8 heteroatoms. The summed E-state index contributed by atoms with van der Waals surface area (Å²) < 4.78 is 26.9. The summed E-state index contributed by atoms with van der Waals surface area (Å²) in [4.78, 5) is 11.4. The molecule has 4 rings (SSSR count). The summed E-state index contributed by atoms with van der Waals surface area (Å²) in [5.41, 5.74) is 0.787. The molecule has 0 bridgehead atoms. The van der Waals surface area contributed by atoms with Gasteiger partial charge in [0.2, 0.25) is 0 Å². The maximum Gasteiger partial charge on any atom is 0.338 e. The molecule has 2 N–H and O–H groups in total. The fourth-order valence-corrected chi connectivity index (χ4v) is 3.03. The Morgan fingerprint density at radius 3 is 2.79 bits per heavy atom. The summed E-state index contributed by atoms with van der Waals surface area (Å²) >= 11 is 0. The van der Waals surface area contributed by atoms with Crippen LogP contribution >= 0.6 is 0 Å². The number of aromatic hydroxyl groups is 1. The fraction of sp³-hybridized carbons (Fsp3) is 0.438. The van der Waals surface area contributed by atoms with E-state index in [2.05, 4.69) is 0 Å². The van der Waals surface area contributed by atoms with Crippen molar-refractivity contribution in [2.75, 3.05) is 7.11 Å². The summed E-state index contributed by atoms with van der Waals surface area (Å²) in [6, 6.07) is 4.91. The quantitative estimate of drug-likeness (QED) is 0.753. The molecule has 3 aliphatic rings. The van der Waals surface area contributed by atoms with Gasteiger partial charge < -0.3 is 33.9 Å². The third-order valence-corrected chi connectivity index (χ3v) is 4.22. The van der Waals surface area contributed by atoms with Gasteiger partial charge in [-0.15, -0.1) is 0 Å². The van der Waals surface area contributed by atoms with Crippen LogP contribution in [0.1, 0.15) is 5.56 Å². The van der Waals surface area contributed by atoms with E-state index in [9.17, 15) is 15.0 Å². The van der Waals surface area contributed by atoms with Crippen LogP contribution in [0.3, 0.4) is 0 Å². The third kappa shape index (κ3) is 2.44. The van der Waals surface area contributed by atoms with Gasteiger partial charge in [-0.1, -0.05) is 12.1 Å². The van der Waals surface area contributed by atoms with Crippen LogP contribution in [0.25, 0.3) is 6.08 Å². The highest BCUT2D eigenvalue weighted by Gasteiger charge is 2.61. The number of benzene rings is 1. The number of hydrogen-bond donors (Lipinski definition) is 2. The number of rotatable bonds is 3. The minimum absolute atomic E-state index is 0.0543. The lowest BCUT2D eigenvalue weighted by Gasteiger charge is -2.14. The number of aliphatic hydroxyl groups excluding tert-OH is 1. The summed E-state index contributed by atoms with van der Waals surface area (Å²) in [7, 11) is 1.47. The number of ether oxygens (including phenoxy) is 5. The molecule has 0 saturated carbocycles. The molecule has 0 aromatic heterocycles. The first-order valence-corrected chi connectivity index (χ1v) is 7.47. The van der Waals surface area contributed by atoms with Gasteiger partial charge in [0.1, 0.15) is 6.10 Å². The number of aliphatic hydroxyl groups is 1. The second-order valence-corrected chi connectivity index (χ2v) is 5.71. The maximum absolute atomic E-state index is 11.4. The SMILES string of the molecule is COc1cc(/C=C/C2OC3O[C@H]4[C@H](OC(=O)[C@@H]4O)[C@@H]3O2)ccc1O. The van der Waals surface area contributed by atoms with E-state index in [1.807, 2.05) is 0 Å². The Kier molecular flexibility index (Phi) is 3.69. The first-order valence-electron chi connectivity index (χ1n) is 7.47. The molecular weight excluding hydrogens is 320 g/mol. The third-order valence-electron chi connectivity index (χ3n) is 4.22. The molecule has 6 atom stereocenters. The maximum atomic E-state index is 11.4. The van der Waals surface area contributed by atoms with Crippen LogP contribution in [0.5, 0.6) is 11.5 Å². The number of carbonyl (C=O) groups is 1. The number of phenols is 1. The Bertz CT molecular complexity index is 687. The molecule has 1 aromatic rings. The van der Waals surface area contributed by atoms with E-state index >= 15 is 0 Å². The van der Waals surface area contributed by atoms with Crippen molar-refractivity contribution in [3.63, 3.8) is 0 Å². The van der Waals surface area contributed by atoms with Gasteiger partial charge in [-0.3, -0.25) is 0 Å². The average molecular weight is 336 g/mol. The Hall–Kier alpha value is -2.13. The number of esters is 1. The molecule has 128 valence electrons. The standard InChI is InChI=1S/C16H16O8/c1-20-9-6-7(2-4-8(9)17)3-5-10-21-14-13-12(24-16(14)22-10)11(18)15(19)23-13/h2-6,10-14,16-18H,1H3/b5-3+/t10?,11-,12-,13+,14+,16?/m1/s1. The molecule has 3 fully saturated rings. The van der Waals surface area contributed by atoms with Crippen LogP contribution in [-0.4, -0.2) is 60.3 Å². The van der Waals surface area contributed by atoms with Gasteiger partial charge in [0, 0.05) is 0 Å². The van der Waals surface area contributed by atoms with Crippen molar-refractivity contribution >= 4 is 12.0 Å². The summed E-state index contributed by atoms with van der Waals surface area (Å²) in [6.07, 6.45) is -1.21. The largest absolute Gasteiger partial charge is 0.504 e. The molecule has 1 aromatic carbocycles. The molecule has 0 radical (unpaired) electrons. The minimum atomic E-state index is -1.30. The Balaban J connectivity index is 1.43. The fourth-order valence-electron chi connectivity index (χ4n) is 3.03. The van der Waals surface area contributed by atoms with E-state index in [-0.39, 0.29) is 5.75 Å². The lowest BCUT2D eigenvalue weighted by molar-refractivity contribution is -0.160. The molecule has 8 nitrogen and oxygen atoms in total. The molecule has 3 saturated heterocycles. The predicted octanol–water partition coefficient (Wildman–Crippen LogP) is 0.167. The van der Waals surface area contributed by atoms with E-state index in [1.165, 1.54) is 13.2 Å². The number of hydrogen-bond acceptors (Lipinski definition) is 8. The highest BCUT2D eigenvalue weighted by atomic mass is 16.8. The van der Waals surface area contributed by atoms with Crippen LogP contribution in [0.4, 0.5) is 0 Å². The van der Waals surface area contributed by atoms with Crippen LogP contribution in [-0.2, 0) is 23.7 Å². The van der Waals surface area contributed by atoms with Gasteiger partial charge in [0.25, 0.3) is 0 Å². The highest BCUT2D eigenvalue weighted by molar-refractivity contribution is 5.78. The summed E-state index contributed by atoms with van der Waals surface area (Å²) in [5, 5.41) is 19.2. The molecule has 3 heterocycles. The zero-order chi connectivity index (χ0) is 16.8. The molecule has 2 unspecified atom stereocenters. The molecule has 0 aliphatic carbocycles. The van der Waals surface area contributed by atoms with Crippen LogP contribution in [0, 0.1) is 0 Å². The Morgan fingerprint density at radius 1 is 1.17 bits per heavy atom. The average Bonchev–Trinajstić information content (AvgIpc) is 3.19. The van der Waals surface area contributed by atoms with Gasteiger partial charge >= 0.3 is 5.97 Å². The Morgan fingerprint density at radius 2 is 2.00 bits per heavy atom. The molecule has 0 amide bonds. The van der Waals surface area contributed by atoms with Gasteiger partial charge in [-0.05, 0) is 23.8 Å². The smallest absolute Gasteiger partial charge is 0.338 e.